The molecule has 2 nitrogen and oxygen atoms in total. The SMILES string of the molecule is CNCC(OC)c1cccc(F)c1. The molecule has 1 aromatic rings. The third-order valence-electron chi connectivity index (χ3n) is 1.89. The Balaban J connectivity index is 2.78. The molecule has 0 aliphatic rings. The molecule has 0 spiro atoms. The number of benzene rings is 1. The molecule has 13 heavy (non-hydrogen) atoms. The first-order valence-corrected chi connectivity index (χ1v) is 4.20. The molecular formula is C10H14FNO. The molecule has 0 saturated carbocycles. The zero-order valence-corrected chi connectivity index (χ0v) is 7.88. The highest BCUT2D eigenvalue weighted by atomic mass is 19.1. The van der Waals surface area contributed by atoms with E-state index in [2.05, 4.69) is 5.32 Å². The molecule has 1 unspecified atom stereocenters. The maximum atomic E-state index is 12.8. The lowest BCUT2D eigenvalue weighted by Gasteiger charge is -2.14. The number of hydrogen-bond acceptors (Lipinski definition) is 2. The minimum absolute atomic E-state index is 0.0827. The third-order valence-corrected chi connectivity index (χ3v) is 1.89. The molecule has 0 fully saturated rings. The lowest BCUT2D eigenvalue weighted by atomic mass is 10.1. The van der Waals surface area contributed by atoms with Crippen LogP contribution in [0.1, 0.15) is 11.7 Å². The van der Waals surface area contributed by atoms with Crippen molar-refractivity contribution in [2.75, 3.05) is 20.7 Å². The fraction of sp³-hybridized carbons (Fsp3) is 0.400. The quantitative estimate of drug-likeness (QED) is 0.767. The normalized spacial score (nSPS) is 12.8. The average molecular weight is 183 g/mol. The van der Waals surface area contributed by atoms with Gasteiger partial charge in [0.15, 0.2) is 0 Å². The molecule has 0 heterocycles. The molecule has 0 aromatic heterocycles. The second-order valence-corrected chi connectivity index (χ2v) is 2.84. The average Bonchev–Trinajstić information content (AvgIpc) is 2.14. The van der Waals surface area contributed by atoms with Crippen LogP contribution in [-0.4, -0.2) is 20.7 Å². The van der Waals surface area contributed by atoms with Crippen LogP contribution in [-0.2, 0) is 4.74 Å². The first kappa shape index (κ1) is 10.2. The van der Waals surface area contributed by atoms with E-state index in [-0.39, 0.29) is 11.9 Å². The van der Waals surface area contributed by atoms with E-state index < -0.39 is 0 Å². The Morgan fingerprint density at radius 3 is 2.85 bits per heavy atom. The molecule has 1 aromatic carbocycles. The number of methoxy groups -OCH3 is 1. The highest BCUT2D eigenvalue weighted by Gasteiger charge is 2.08. The van der Waals surface area contributed by atoms with Crippen LogP contribution in [0, 0.1) is 5.82 Å². The van der Waals surface area contributed by atoms with Crippen LogP contribution in [0.4, 0.5) is 4.39 Å². The predicted molar refractivity (Wildman–Crippen MR) is 50.1 cm³/mol. The van der Waals surface area contributed by atoms with Gasteiger partial charge >= 0.3 is 0 Å². The summed E-state index contributed by atoms with van der Waals surface area (Å²) in [6.45, 7) is 0.681. The van der Waals surface area contributed by atoms with Crippen molar-refractivity contribution in [2.24, 2.45) is 0 Å². The van der Waals surface area contributed by atoms with Crippen molar-refractivity contribution in [2.45, 2.75) is 6.10 Å². The molecule has 0 aliphatic heterocycles. The number of rotatable bonds is 4. The summed E-state index contributed by atoms with van der Waals surface area (Å²) in [7, 11) is 3.46. The van der Waals surface area contributed by atoms with Crippen molar-refractivity contribution >= 4 is 0 Å². The van der Waals surface area contributed by atoms with Gasteiger partial charge in [-0.05, 0) is 24.7 Å². The van der Waals surface area contributed by atoms with Crippen molar-refractivity contribution in [3.8, 4) is 0 Å². The standard InChI is InChI=1S/C10H14FNO/c1-12-7-10(13-2)8-4-3-5-9(11)6-8/h3-6,10,12H,7H2,1-2H3. The molecule has 1 atom stereocenters. The van der Waals surface area contributed by atoms with Crippen molar-refractivity contribution in [3.63, 3.8) is 0 Å². The largest absolute Gasteiger partial charge is 0.375 e. The fourth-order valence-electron chi connectivity index (χ4n) is 1.23. The number of halogens is 1. The molecule has 0 saturated heterocycles. The Morgan fingerprint density at radius 1 is 1.54 bits per heavy atom. The van der Waals surface area contributed by atoms with Crippen LogP contribution in [0.15, 0.2) is 24.3 Å². The highest BCUT2D eigenvalue weighted by Crippen LogP contribution is 2.16. The van der Waals surface area contributed by atoms with E-state index in [0.717, 1.165) is 5.56 Å². The molecule has 0 aliphatic carbocycles. The van der Waals surface area contributed by atoms with E-state index in [0.29, 0.717) is 6.54 Å². The Labute approximate surface area is 77.7 Å². The Bertz CT molecular complexity index is 265. The van der Waals surface area contributed by atoms with Crippen molar-refractivity contribution < 1.29 is 9.13 Å². The smallest absolute Gasteiger partial charge is 0.123 e. The fourth-order valence-corrected chi connectivity index (χ4v) is 1.23. The molecular weight excluding hydrogens is 169 g/mol. The topological polar surface area (TPSA) is 21.3 Å². The van der Waals surface area contributed by atoms with Crippen LogP contribution in [0.3, 0.4) is 0 Å². The number of nitrogens with one attached hydrogen (secondary N) is 1. The van der Waals surface area contributed by atoms with Gasteiger partial charge in [0, 0.05) is 13.7 Å². The van der Waals surface area contributed by atoms with Crippen LogP contribution >= 0.6 is 0 Å². The van der Waals surface area contributed by atoms with E-state index in [4.69, 9.17) is 4.74 Å². The third kappa shape index (κ3) is 2.79. The Hall–Kier alpha value is -0.930. The minimum atomic E-state index is -0.226. The molecule has 3 heteroatoms. The number of ether oxygens (including phenoxy) is 1. The van der Waals surface area contributed by atoms with Gasteiger partial charge in [0.05, 0.1) is 6.10 Å². The number of likely N-dealkylation sites (N-methyl/N-ethyl adjacent to an activating group) is 1. The first-order valence-electron chi connectivity index (χ1n) is 4.20. The van der Waals surface area contributed by atoms with Gasteiger partial charge in [-0.25, -0.2) is 4.39 Å². The second kappa shape index (κ2) is 4.94. The van der Waals surface area contributed by atoms with Crippen molar-refractivity contribution in [1.82, 2.24) is 5.32 Å². The maximum absolute atomic E-state index is 12.8. The summed E-state index contributed by atoms with van der Waals surface area (Å²) < 4.78 is 18.0. The first-order chi connectivity index (χ1) is 6.27. The van der Waals surface area contributed by atoms with Crippen LogP contribution < -0.4 is 5.32 Å². The summed E-state index contributed by atoms with van der Waals surface area (Å²) in [5.41, 5.74) is 0.858. The molecule has 0 radical (unpaired) electrons. The van der Waals surface area contributed by atoms with Crippen LogP contribution in [0.5, 0.6) is 0 Å². The van der Waals surface area contributed by atoms with E-state index in [9.17, 15) is 4.39 Å². The molecule has 72 valence electrons. The molecule has 1 rings (SSSR count). The van der Waals surface area contributed by atoms with Gasteiger partial charge in [0.25, 0.3) is 0 Å². The Kier molecular flexibility index (Phi) is 3.86. The summed E-state index contributed by atoms with van der Waals surface area (Å²) in [6, 6.07) is 6.46. The summed E-state index contributed by atoms with van der Waals surface area (Å²) in [4.78, 5) is 0. The van der Waals surface area contributed by atoms with Gasteiger partial charge in [-0.2, -0.15) is 0 Å². The van der Waals surface area contributed by atoms with Crippen molar-refractivity contribution in [3.05, 3.63) is 35.6 Å². The Morgan fingerprint density at radius 2 is 2.31 bits per heavy atom. The monoisotopic (exact) mass is 183 g/mol. The summed E-state index contributed by atoms with van der Waals surface area (Å²) in [5.74, 6) is -0.226. The lowest BCUT2D eigenvalue weighted by Crippen LogP contribution is -2.18. The van der Waals surface area contributed by atoms with E-state index in [1.165, 1.54) is 12.1 Å². The molecule has 1 N–H and O–H groups in total. The van der Waals surface area contributed by atoms with Gasteiger partial charge in [-0.3, -0.25) is 0 Å². The van der Waals surface area contributed by atoms with Gasteiger partial charge < -0.3 is 10.1 Å². The summed E-state index contributed by atoms with van der Waals surface area (Å²) in [6.07, 6.45) is -0.0827. The molecule has 0 bridgehead atoms. The highest BCUT2D eigenvalue weighted by molar-refractivity contribution is 5.19. The van der Waals surface area contributed by atoms with Crippen LogP contribution in [0.2, 0.25) is 0 Å². The second-order valence-electron chi connectivity index (χ2n) is 2.84. The maximum Gasteiger partial charge on any atom is 0.123 e. The predicted octanol–water partition coefficient (Wildman–Crippen LogP) is 1.73. The number of hydrogen-bond donors (Lipinski definition) is 1. The van der Waals surface area contributed by atoms with Gasteiger partial charge in [-0.15, -0.1) is 0 Å². The summed E-state index contributed by atoms with van der Waals surface area (Å²) >= 11 is 0. The van der Waals surface area contributed by atoms with E-state index >= 15 is 0 Å². The van der Waals surface area contributed by atoms with Crippen LogP contribution in [0.25, 0.3) is 0 Å². The molecule has 0 amide bonds. The van der Waals surface area contributed by atoms with E-state index in [1.54, 1.807) is 13.2 Å². The lowest BCUT2D eigenvalue weighted by molar-refractivity contribution is 0.104. The zero-order chi connectivity index (χ0) is 9.68. The van der Waals surface area contributed by atoms with Gasteiger partial charge in [0.1, 0.15) is 5.82 Å². The van der Waals surface area contributed by atoms with E-state index in [1.807, 2.05) is 13.1 Å². The minimum Gasteiger partial charge on any atom is -0.375 e. The van der Waals surface area contributed by atoms with Crippen molar-refractivity contribution in [1.29, 1.82) is 0 Å². The zero-order valence-electron chi connectivity index (χ0n) is 7.88. The van der Waals surface area contributed by atoms with Gasteiger partial charge in [0.2, 0.25) is 0 Å². The van der Waals surface area contributed by atoms with Gasteiger partial charge in [-0.1, -0.05) is 12.1 Å². The summed E-state index contributed by atoms with van der Waals surface area (Å²) in [5, 5.41) is 2.99.